The monoisotopic (exact) mass is 278 g/mol. The smallest absolute Gasteiger partial charge is 0.228 e. The van der Waals surface area contributed by atoms with Gasteiger partial charge in [-0.15, -0.1) is 11.6 Å². The van der Waals surface area contributed by atoms with Gasteiger partial charge in [-0.1, -0.05) is 23.2 Å². The molecule has 1 fully saturated rings. The van der Waals surface area contributed by atoms with E-state index in [0.29, 0.717) is 34.4 Å². The zero-order chi connectivity index (χ0) is 11.9. The second-order valence-electron chi connectivity index (χ2n) is 3.63. The van der Waals surface area contributed by atoms with E-state index in [1.807, 2.05) is 0 Å². The van der Waals surface area contributed by atoms with Crippen LogP contribution in [0.3, 0.4) is 0 Å². The van der Waals surface area contributed by atoms with E-state index in [1.54, 1.807) is 6.07 Å². The van der Waals surface area contributed by atoms with Crippen molar-refractivity contribution in [2.75, 3.05) is 17.2 Å². The number of nitrogens with zero attached hydrogens (tertiary/aromatic N) is 1. The number of rotatable bonds is 1. The molecule has 1 unspecified atom stereocenters. The predicted octanol–water partition coefficient (Wildman–Crippen LogP) is 2.92. The molecule has 1 aliphatic heterocycles. The first kappa shape index (κ1) is 11.8. The van der Waals surface area contributed by atoms with Crippen molar-refractivity contribution < 1.29 is 4.79 Å². The topological polar surface area (TPSA) is 46.3 Å². The SMILES string of the molecule is Nc1cc(Cl)c(N2CC(Cl)CC2=O)cc1Cl. The summed E-state index contributed by atoms with van der Waals surface area (Å²) < 4.78 is 0. The standard InChI is InChI=1S/C10H9Cl3N2O/c11-5-1-10(16)15(4-5)9-3-6(12)8(14)2-7(9)13/h2-3,5H,1,4,14H2. The Bertz CT molecular complexity index is 450. The first-order chi connectivity index (χ1) is 7.49. The number of carbonyl (C=O) groups is 1. The minimum Gasteiger partial charge on any atom is -0.397 e. The second-order valence-corrected chi connectivity index (χ2v) is 5.06. The number of carbonyl (C=O) groups excluding carboxylic acids is 1. The molecule has 1 saturated heterocycles. The van der Waals surface area contributed by atoms with Gasteiger partial charge < -0.3 is 10.6 Å². The molecule has 0 saturated carbocycles. The third-order valence-corrected chi connectivity index (χ3v) is 3.36. The van der Waals surface area contributed by atoms with E-state index in [1.165, 1.54) is 11.0 Å². The van der Waals surface area contributed by atoms with Gasteiger partial charge in [0.15, 0.2) is 0 Å². The van der Waals surface area contributed by atoms with Crippen LogP contribution in [-0.2, 0) is 4.79 Å². The van der Waals surface area contributed by atoms with Crippen molar-refractivity contribution >= 4 is 52.1 Å². The van der Waals surface area contributed by atoms with Crippen molar-refractivity contribution in [2.45, 2.75) is 11.8 Å². The Balaban J connectivity index is 2.41. The maximum absolute atomic E-state index is 11.6. The molecule has 2 N–H and O–H groups in total. The molecule has 1 aromatic rings. The molecule has 0 aliphatic carbocycles. The van der Waals surface area contributed by atoms with E-state index < -0.39 is 0 Å². The van der Waals surface area contributed by atoms with E-state index in [2.05, 4.69) is 0 Å². The van der Waals surface area contributed by atoms with Crippen LogP contribution < -0.4 is 10.6 Å². The fourth-order valence-corrected chi connectivity index (χ4v) is 2.36. The normalized spacial score (nSPS) is 20.6. The molecule has 3 nitrogen and oxygen atoms in total. The lowest BCUT2D eigenvalue weighted by molar-refractivity contribution is -0.117. The van der Waals surface area contributed by atoms with Crippen molar-refractivity contribution in [3.63, 3.8) is 0 Å². The first-order valence-corrected chi connectivity index (χ1v) is 5.87. The van der Waals surface area contributed by atoms with Gasteiger partial charge in [0.05, 0.1) is 26.8 Å². The number of benzene rings is 1. The highest BCUT2D eigenvalue weighted by atomic mass is 35.5. The number of hydrogen-bond donors (Lipinski definition) is 1. The largest absolute Gasteiger partial charge is 0.397 e. The molecule has 1 aliphatic rings. The highest BCUT2D eigenvalue weighted by Crippen LogP contribution is 2.35. The molecule has 1 aromatic carbocycles. The van der Waals surface area contributed by atoms with Crippen LogP contribution in [0.4, 0.5) is 11.4 Å². The molecule has 16 heavy (non-hydrogen) atoms. The lowest BCUT2D eigenvalue weighted by Gasteiger charge is -2.18. The summed E-state index contributed by atoms with van der Waals surface area (Å²) in [7, 11) is 0. The highest BCUT2D eigenvalue weighted by molar-refractivity contribution is 6.37. The van der Waals surface area contributed by atoms with E-state index in [0.717, 1.165) is 0 Å². The van der Waals surface area contributed by atoms with Gasteiger partial charge >= 0.3 is 0 Å². The van der Waals surface area contributed by atoms with Crippen LogP contribution in [0.25, 0.3) is 0 Å². The number of nitrogen functional groups attached to an aromatic ring is 1. The Morgan fingerprint density at radius 3 is 2.56 bits per heavy atom. The third-order valence-electron chi connectivity index (χ3n) is 2.43. The van der Waals surface area contributed by atoms with Crippen LogP contribution in [0.2, 0.25) is 10.0 Å². The van der Waals surface area contributed by atoms with E-state index in [-0.39, 0.29) is 11.3 Å². The molecule has 0 bridgehead atoms. The van der Waals surface area contributed by atoms with E-state index in [9.17, 15) is 4.79 Å². The quantitative estimate of drug-likeness (QED) is 0.634. The number of amides is 1. The van der Waals surface area contributed by atoms with Gasteiger partial charge in [-0.2, -0.15) is 0 Å². The highest BCUT2D eigenvalue weighted by Gasteiger charge is 2.30. The number of halogens is 3. The fraction of sp³-hybridized carbons (Fsp3) is 0.300. The summed E-state index contributed by atoms with van der Waals surface area (Å²) in [5, 5.41) is 0.603. The summed E-state index contributed by atoms with van der Waals surface area (Å²) >= 11 is 17.8. The van der Waals surface area contributed by atoms with Crippen molar-refractivity contribution in [1.29, 1.82) is 0 Å². The molecule has 86 valence electrons. The van der Waals surface area contributed by atoms with Gasteiger partial charge in [0.1, 0.15) is 0 Å². The molecule has 0 radical (unpaired) electrons. The van der Waals surface area contributed by atoms with Gasteiger partial charge in [0, 0.05) is 13.0 Å². The lowest BCUT2D eigenvalue weighted by atomic mass is 10.2. The zero-order valence-corrected chi connectivity index (χ0v) is 10.5. The average molecular weight is 280 g/mol. The summed E-state index contributed by atoms with van der Waals surface area (Å²) in [4.78, 5) is 13.2. The molecule has 1 amide bonds. The molecular weight excluding hydrogens is 270 g/mol. The molecule has 0 aromatic heterocycles. The second kappa shape index (κ2) is 4.32. The molecule has 1 heterocycles. The number of nitrogens with two attached hydrogens (primary N) is 1. The van der Waals surface area contributed by atoms with Gasteiger partial charge in [-0.25, -0.2) is 0 Å². The Morgan fingerprint density at radius 2 is 2.00 bits per heavy atom. The van der Waals surface area contributed by atoms with Crippen LogP contribution in [0.5, 0.6) is 0 Å². The molecule has 6 heteroatoms. The Hall–Kier alpha value is -0.640. The zero-order valence-electron chi connectivity index (χ0n) is 8.21. The predicted molar refractivity (Wildman–Crippen MR) is 67.5 cm³/mol. The van der Waals surface area contributed by atoms with Crippen LogP contribution in [0.1, 0.15) is 6.42 Å². The molecule has 2 rings (SSSR count). The Kier molecular flexibility index (Phi) is 3.19. The van der Waals surface area contributed by atoms with E-state index >= 15 is 0 Å². The third kappa shape index (κ3) is 2.08. The number of anilines is 2. The summed E-state index contributed by atoms with van der Waals surface area (Å²) in [6.45, 7) is 0.445. The van der Waals surface area contributed by atoms with Gasteiger partial charge in [0.25, 0.3) is 0 Å². The molecule has 0 spiro atoms. The fourth-order valence-electron chi connectivity index (χ4n) is 1.66. The van der Waals surface area contributed by atoms with Gasteiger partial charge in [-0.05, 0) is 12.1 Å². The van der Waals surface area contributed by atoms with Crippen molar-refractivity contribution in [1.82, 2.24) is 0 Å². The Morgan fingerprint density at radius 1 is 1.31 bits per heavy atom. The summed E-state index contributed by atoms with van der Waals surface area (Å²) in [5.74, 6) is -0.0530. The van der Waals surface area contributed by atoms with Crippen LogP contribution >= 0.6 is 34.8 Å². The van der Waals surface area contributed by atoms with Crippen LogP contribution in [-0.4, -0.2) is 17.8 Å². The van der Waals surface area contributed by atoms with Gasteiger partial charge in [-0.3, -0.25) is 4.79 Å². The Labute approximate surface area is 108 Å². The van der Waals surface area contributed by atoms with Crippen molar-refractivity contribution in [3.05, 3.63) is 22.2 Å². The maximum Gasteiger partial charge on any atom is 0.228 e. The minimum absolute atomic E-state index is 0.0530. The van der Waals surface area contributed by atoms with Crippen LogP contribution in [0.15, 0.2) is 12.1 Å². The van der Waals surface area contributed by atoms with E-state index in [4.69, 9.17) is 40.5 Å². The summed E-state index contributed by atoms with van der Waals surface area (Å²) in [6.07, 6.45) is 0.319. The lowest BCUT2D eigenvalue weighted by Crippen LogP contribution is -2.24. The van der Waals surface area contributed by atoms with Crippen molar-refractivity contribution in [2.24, 2.45) is 0 Å². The molecule has 1 atom stereocenters. The summed E-state index contributed by atoms with van der Waals surface area (Å²) in [6, 6.07) is 3.13. The first-order valence-electron chi connectivity index (χ1n) is 4.68. The van der Waals surface area contributed by atoms with Crippen LogP contribution in [0, 0.1) is 0 Å². The van der Waals surface area contributed by atoms with Gasteiger partial charge in [0.2, 0.25) is 5.91 Å². The van der Waals surface area contributed by atoms with Crippen molar-refractivity contribution in [3.8, 4) is 0 Å². The maximum atomic E-state index is 11.6. The number of hydrogen-bond acceptors (Lipinski definition) is 2. The number of alkyl halides is 1. The average Bonchev–Trinajstić information content (AvgIpc) is 2.51. The summed E-state index contributed by atoms with van der Waals surface area (Å²) in [5.41, 5.74) is 6.56. The minimum atomic E-state index is -0.181. The molecular formula is C10H9Cl3N2O.